The summed E-state index contributed by atoms with van der Waals surface area (Å²) in [4.78, 5) is 12.1. The topological polar surface area (TPSA) is 92.9 Å². The van der Waals surface area contributed by atoms with Crippen LogP contribution >= 0.6 is 0 Å². The smallest absolute Gasteiger partial charge is 0.277 e. The number of hydrazone groups is 1. The van der Waals surface area contributed by atoms with Gasteiger partial charge in [0.15, 0.2) is 18.1 Å². The van der Waals surface area contributed by atoms with Crippen LogP contribution in [0.4, 0.5) is 0 Å². The third-order valence-electron chi connectivity index (χ3n) is 5.16. The van der Waals surface area contributed by atoms with Crippen LogP contribution in [0.2, 0.25) is 0 Å². The molecule has 7 nitrogen and oxygen atoms in total. The number of nitrogens with zero attached hydrogens (tertiary/aromatic N) is 2. The van der Waals surface area contributed by atoms with E-state index < -0.39 is 0 Å². The molecule has 0 aromatic heterocycles. The number of ether oxygens (including phenoxy) is 3. The molecule has 0 saturated carbocycles. The highest BCUT2D eigenvalue weighted by molar-refractivity contribution is 5.85. The Kier molecular flexibility index (Phi) is 6.86. The van der Waals surface area contributed by atoms with Crippen LogP contribution in [0, 0.1) is 11.3 Å². The van der Waals surface area contributed by atoms with Gasteiger partial charge in [-0.05, 0) is 72.9 Å². The van der Waals surface area contributed by atoms with Crippen LogP contribution in [0.3, 0.4) is 0 Å². The molecule has 1 aliphatic heterocycles. The summed E-state index contributed by atoms with van der Waals surface area (Å²) in [5.74, 6) is 1.79. The second kappa shape index (κ2) is 10.3. The molecule has 4 rings (SSSR count). The molecular formula is C26H23N3O4. The second-order valence-corrected chi connectivity index (χ2v) is 7.57. The molecule has 1 N–H and O–H groups in total. The van der Waals surface area contributed by atoms with Crippen LogP contribution in [0.15, 0.2) is 71.8 Å². The SMILES string of the molecule is C/C(CCc1ccc2c(c1)OCO2)=N\NC(=O)COc1ccc(-c2ccc(C#N)cc2)cc1. The number of rotatable bonds is 8. The molecular weight excluding hydrogens is 418 g/mol. The van der Waals surface area contributed by atoms with E-state index in [2.05, 4.69) is 16.6 Å². The molecule has 0 unspecified atom stereocenters. The number of hydrogen-bond acceptors (Lipinski definition) is 6. The van der Waals surface area contributed by atoms with Crippen molar-refractivity contribution in [2.45, 2.75) is 19.8 Å². The molecule has 0 radical (unpaired) electrons. The van der Waals surface area contributed by atoms with Gasteiger partial charge in [-0.3, -0.25) is 4.79 Å². The molecule has 3 aromatic rings. The Morgan fingerprint density at radius 2 is 1.73 bits per heavy atom. The normalized spacial score (nSPS) is 12.2. The average molecular weight is 441 g/mol. The quantitative estimate of drug-likeness (QED) is 0.412. The molecule has 33 heavy (non-hydrogen) atoms. The Bertz CT molecular complexity index is 1200. The van der Waals surface area contributed by atoms with Gasteiger partial charge in [0, 0.05) is 5.71 Å². The maximum Gasteiger partial charge on any atom is 0.277 e. The maximum atomic E-state index is 12.1. The standard InChI is InChI=1S/C26H23N3O4/c1-18(2-3-19-6-13-24-25(14-19)33-17-32-24)28-29-26(30)16-31-23-11-9-22(10-12-23)21-7-4-20(15-27)5-8-21/h4-14H,2-3,16-17H2,1H3,(H,29,30)/b28-18+. The van der Waals surface area contributed by atoms with Gasteiger partial charge in [-0.2, -0.15) is 10.4 Å². The first-order valence-corrected chi connectivity index (χ1v) is 10.5. The minimum absolute atomic E-state index is 0.130. The summed E-state index contributed by atoms with van der Waals surface area (Å²) in [6.45, 7) is 2.00. The van der Waals surface area contributed by atoms with E-state index in [1.807, 2.05) is 49.4 Å². The van der Waals surface area contributed by atoms with Crippen LogP contribution in [-0.4, -0.2) is 25.0 Å². The molecule has 1 amide bonds. The molecule has 1 aliphatic rings. The summed E-state index contributed by atoms with van der Waals surface area (Å²) in [5.41, 5.74) is 7.09. The fourth-order valence-corrected chi connectivity index (χ4v) is 3.30. The van der Waals surface area contributed by atoms with Crippen molar-refractivity contribution in [2.24, 2.45) is 5.10 Å². The molecule has 3 aromatic carbocycles. The van der Waals surface area contributed by atoms with Gasteiger partial charge in [-0.1, -0.05) is 30.3 Å². The Labute approximate surface area is 192 Å². The van der Waals surface area contributed by atoms with Gasteiger partial charge in [0.2, 0.25) is 6.79 Å². The van der Waals surface area contributed by atoms with Crippen molar-refractivity contribution in [2.75, 3.05) is 13.4 Å². The molecule has 0 saturated heterocycles. The fourth-order valence-electron chi connectivity index (χ4n) is 3.30. The van der Waals surface area contributed by atoms with Crippen molar-refractivity contribution in [3.05, 3.63) is 77.9 Å². The van der Waals surface area contributed by atoms with E-state index in [0.29, 0.717) is 17.7 Å². The lowest BCUT2D eigenvalue weighted by Gasteiger charge is -2.07. The van der Waals surface area contributed by atoms with Gasteiger partial charge in [0.1, 0.15) is 5.75 Å². The molecule has 0 aliphatic carbocycles. The predicted molar refractivity (Wildman–Crippen MR) is 124 cm³/mol. The Morgan fingerprint density at radius 1 is 1.03 bits per heavy atom. The molecule has 0 bridgehead atoms. The monoisotopic (exact) mass is 441 g/mol. The van der Waals surface area contributed by atoms with Crippen LogP contribution in [0.1, 0.15) is 24.5 Å². The highest BCUT2D eigenvalue weighted by Gasteiger charge is 2.13. The van der Waals surface area contributed by atoms with E-state index >= 15 is 0 Å². The van der Waals surface area contributed by atoms with Gasteiger partial charge in [-0.15, -0.1) is 0 Å². The van der Waals surface area contributed by atoms with E-state index in [1.165, 1.54) is 0 Å². The van der Waals surface area contributed by atoms with E-state index in [9.17, 15) is 4.79 Å². The second-order valence-electron chi connectivity index (χ2n) is 7.57. The number of nitriles is 1. The van der Waals surface area contributed by atoms with Gasteiger partial charge in [0.05, 0.1) is 11.6 Å². The molecule has 0 spiro atoms. The lowest BCUT2D eigenvalue weighted by Crippen LogP contribution is -2.25. The molecule has 166 valence electrons. The van der Waals surface area contributed by atoms with Crippen molar-refractivity contribution in [3.8, 4) is 34.4 Å². The Balaban J connectivity index is 1.21. The largest absolute Gasteiger partial charge is 0.484 e. The average Bonchev–Trinajstić information content (AvgIpc) is 3.33. The third kappa shape index (κ3) is 5.89. The van der Waals surface area contributed by atoms with Crippen LogP contribution in [0.5, 0.6) is 17.2 Å². The van der Waals surface area contributed by atoms with Crippen molar-refractivity contribution in [1.82, 2.24) is 5.43 Å². The van der Waals surface area contributed by atoms with Crippen LogP contribution in [0.25, 0.3) is 11.1 Å². The molecule has 7 heteroatoms. The number of amides is 1. The van der Waals surface area contributed by atoms with Crippen molar-refractivity contribution in [1.29, 1.82) is 5.26 Å². The minimum Gasteiger partial charge on any atom is -0.484 e. The summed E-state index contributed by atoms with van der Waals surface area (Å²) in [5, 5.41) is 13.0. The molecule has 0 atom stereocenters. The zero-order valence-electron chi connectivity index (χ0n) is 18.2. The molecule has 0 fully saturated rings. The Hall–Kier alpha value is -4.31. The third-order valence-corrected chi connectivity index (χ3v) is 5.16. The first-order chi connectivity index (χ1) is 16.1. The highest BCUT2D eigenvalue weighted by atomic mass is 16.7. The summed E-state index contributed by atoms with van der Waals surface area (Å²) in [7, 11) is 0. The summed E-state index contributed by atoms with van der Waals surface area (Å²) >= 11 is 0. The number of carbonyl (C=O) groups is 1. The number of carbonyl (C=O) groups excluding carboxylic acids is 1. The predicted octanol–water partition coefficient (Wildman–Crippen LogP) is 4.46. The van der Waals surface area contributed by atoms with E-state index in [1.54, 1.807) is 24.3 Å². The zero-order valence-corrected chi connectivity index (χ0v) is 18.2. The van der Waals surface area contributed by atoms with E-state index in [4.69, 9.17) is 19.5 Å². The summed E-state index contributed by atoms with van der Waals surface area (Å²) in [6.07, 6.45) is 1.49. The minimum atomic E-state index is -0.325. The maximum absolute atomic E-state index is 12.1. The lowest BCUT2D eigenvalue weighted by molar-refractivity contribution is -0.123. The first-order valence-electron chi connectivity index (χ1n) is 10.5. The summed E-state index contributed by atoms with van der Waals surface area (Å²) in [6, 6.07) is 22.8. The first kappa shape index (κ1) is 21.9. The summed E-state index contributed by atoms with van der Waals surface area (Å²) < 4.78 is 16.3. The van der Waals surface area contributed by atoms with Gasteiger partial charge >= 0.3 is 0 Å². The van der Waals surface area contributed by atoms with Crippen molar-refractivity contribution in [3.63, 3.8) is 0 Å². The van der Waals surface area contributed by atoms with Crippen LogP contribution < -0.4 is 19.6 Å². The van der Waals surface area contributed by atoms with Crippen molar-refractivity contribution < 1.29 is 19.0 Å². The number of aryl methyl sites for hydroxylation is 1. The lowest BCUT2D eigenvalue weighted by atomic mass is 10.0. The van der Waals surface area contributed by atoms with E-state index in [0.717, 1.165) is 40.3 Å². The number of hydrogen-bond donors (Lipinski definition) is 1. The Morgan fingerprint density at radius 3 is 2.45 bits per heavy atom. The van der Waals surface area contributed by atoms with Gasteiger partial charge < -0.3 is 14.2 Å². The number of fused-ring (bicyclic) bond motifs is 1. The van der Waals surface area contributed by atoms with Crippen LogP contribution in [-0.2, 0) is 11.2 Å². The van der Waals surface area contributed by atoms with E-state index in [-0.39, 0.29) is 19.3 Å². The van der Waals surface area contributed by atoms with Gasteiger partial charge in [0.25, 0.3) is 5.91 Å². The van der Waals surface area contributed by atoms with Gasteiger partial charge in [-0.25, -0.2) is 5.43 Å². The zero-order chi connectivity index (χ0) is 23.0. The van der Waals surface area contributed by atoms with Crippen molar-refractivity contribution >= 4 is 11.6 Å². The fraction of sp³-hybridized carbons (Fsp3) is 0.192. The molecule has 1 heterocycles. The number of benzene rings is 3. The highest BCUT2D eigenvalue weighted by Crippen LogP contribution is 2.32. The number of nitrogens with one attached hydrogen (secondary N) is 1.